The summed E-state index contributed by atoms with van der Waals surface area (Å²) in [5, 5.41) is 12.4. The molecule has 1 nitrogen and oxygen atoms in total. The highest BCUT2D eigenvalue weighted by Crippen LogP contribution is 2.06. The summed E-state index contributed by atoms with van der Waals surface area (Å²) in [5.74, 6) is 2.64. The van der Waals surface area contributed by atoms with Crippen LogP contribution >= 0.6 is 0 Å². The van der Waals surface area contributed by atoms with Gasteiger partial charge in [-0.15, -0.1) is 5.54 Å². The van der Waals surface area contributed by atoms with Crippen molar-refractivity contribution in [3.8, 4) is 11.5 Å². The van der Waals surface area contributed by atoms with Crippen LogP contribution in [0.3, 0.4) is 0 Å². The van der Waals surface area contributed by atoms with E-state index in [4.69, 9.17) is 4.11 Å². The summed E-state index contributed by atoms with van der Waals surface area (Å²) in [4.78, 5) is 0. The summed E-state index contributed by atoms with van der Waals surface area (Å²) in [5.41, 5.74) is 1.13. The van der Waals surface area contributed by atoms with Gasteiger partial charge in [0.1, 0.15) is 5.60 Å². The third-order valence-corrected chi connectivity index (χ3v) is 6.86. The lowest BCUT2D eigenvalue weighted by atomic mass is 10.2. The number of hydrogen-bond acceptors (Lipinski definition) is 1. The first kappa shape index (κ1) is 10.9. The van der Waals surface area contributed by atoms with Gasteiger partial charge in [0.25, 0.3) is 0 Å². The van der Waals surface area contributed by atoms with E-state index in [1.54, 1.807) is 0 Å². The summed E-state index contributed by atoms with van der Waals surface area (Å²) >= 11 is 0. The topological polar surface area (TPSA) is 20.2 Å². The summed E-state index contributed by atoms with van der Waals surface area (Å²) < 4.78 is 22.3. The van der Waals surface area contributed by atoms with Crippen molar-refractivity contribution >= 4 is 18.4 Å². The second-order valence-electron chi connectivity index (χ2n) is 5.18. The minimum absolute atomic E-state index is 1.08. The van der Waals surface area contributed by atoms with Crippen LogP contribution in [0, 0.1) is 11.5 Å². The fraction of sp³-hybridized carbons (Fsp3) is 0.222. The summed E-state index contributed by atoms with van der Waals surface area (Å²) in [6.07, 6.45) is 0. The second kappa shape index (κ2) is 5.66. The first-order valence-electron chi connectivity index (χ1n) is 8.04. The van der Waals surface area contributed by atoms with E-state index in [1.807, 2.05) is 60.7 Å². The Morgan fingerprint density at radius 3 is 1.85 bits per heavy atom. The highest BCUT2D eigenvalue weighted by molar-refractivity contribution is 7.07. The molecule has 0 fully saturated rings. The van der Waals surface area contributed by atoms with Gasteiger partial charge in [0.2, 0.25) is 0 Å². The zero-order chi connectivity index (χ0) is 17.1. The third kappa shape index (κ3) is 3.39. The van der Waals surface area contributed by atoms with Gasteiger partial charge in [0.15, 0.2) is 8.07 Å². The van der Waals surface area contributed by atoms with Crippen LogP contribution in [0.25, 0.3) is 0 Å². The maximum atomic E-state index is 10.2. The highest BCUT2D eigenvalue weighted by atomic mass is 28.3. The molecular weight excluding hydrogens is 260 g/mol. The highest BCUT2D eigenvalue weighted by Gasteiger charge is 2.30. The molecular formula is C18H20OSi. The molecule has 1 N–H and O–H groups in total. The molecule has 20 heavy (non-hydrogen) atoms. The molecule has 0 aromatic heterocycles. The Hall–Kier alpha value is -1.82. The Balaban J connectivity index is 2.58. The van der Waals surface area contributed by atoms with Crippen LogP contribution in [-0.4, -0.2) is 18.8 Å². The Bertz CT molecular complexity index is 673. The van der Waals surface area contributed by atoms with Crippen LogP contribution in [0.15, 0.2) is 60.7 Å². The first-order chi connectivity index (χ1) is 10.7. The van der Waals surface area contributed by atoms with Crippen LogP contribution in [0.2, 0.25) is 6.55 Å². The molecule has 0 bridgehead atoms. The van der Waals surface area contributed by atoms with Crippen LogP contribution < -0.4 is 10.4 Å². The molecule has 1 unspecified atom stereocenters. The lowest BCUT2D eigenvalue weighted by Gasteiger charge is -2.23. The Labute approximate surface area is 126 Å². The maximum absolute atomic E-state index is 10.2. The molecule has 0 saturated heterocycles. The van der Waals surface area contributed by atoms with Crippen molar-refractivity contribution in [3.63, 3.8) is 0 Å². The van der Waals surface area contributed by atoms with Gasteiger partial charge in [-0.3, -0.25) is 0 Å². The molecule has 0 amide bonds. The maximum Gasteiger partial charge on any atom is 0.196 e. The predicted molar refractivity (Wildman–Crippen MR) is 87.8 cm³/mol. The number of aliphatic hydroxyl groups is 1. The van der Waals surface area contributed by atoms with Gasteiger partial charge >= 0.3 is 0 Å². The average Bonchev–Trinajstić information content (AvgIpc) is 2.53. The van der Waals surface area contributed by atoms with Crippen LogP contribution in [0.1, 0.15) is 17.9 Å². The summed E-state index contributed by atoms with van der Waals surface area (Å²) in [6.45, 7) is 0.779. The standard InChI is InChI=1S/C18H20OSi/c1-18(2,19)14-15-20(3,16-10-6-4-7-11-16)17-12-8-5-9-13-17/h4-13,19H,1-3H3/i1D3. The van der Waals surface area contributed by atoms with Gasteiger partial charge in [0.05, 0.1) is 0 Å². The minimum atomic E-state index is -2.54. The van der Waals surface area contributed by atoms with E-state index < -0.39 is 20.5 Å². The van der Waals surface area contributed by atoms with E-state index in [0.717, 1.165) is 10.4 Å². The Kier molecular flexibility index (Phi) is 3.09. The smallest absolute Gasteiger partial charge is 0.196 e. The van der Waals surface area contributed by atoms with Crippen molar-refractivity contribution in [2.24, 2.45) is 0 Å². The molecule has 0 aliphatic rings. The van der Waals surface area contributed by atoms with Gasteiger partial charge in [-0.1, -0.05) is 73.1 Å². The first-order valence-corrected chi connectivity index (χ1v) is 9.04. The molecule has 0 spiro atoms. The quantitative estimate of drug-likeness (QED) is 0.662. The monoisotopic (exact) mass is 283 g/mol. The van der Waals surface area contributed by atoms with Gasteiger partial charge in [0, 0.05) is 4.11 Å². The van der Waals surface area contributed by atoms with E-state index in [-0.39, 0.29) is 0 Å². The van der Waals surface area contributed by atoms with Crippen LogP contribution in [0.4, 0.5) is 0 Å². The molecule has 0 heterocycles. The normalized spacial score (nSPS) is 16.9. The van der Waals surface area contributed by atoms with Crippen molar-refractivity contribution < 1.29 is 9.22 Å². The van der Waals surface area contributed by atoms with Crippen molar-refractivity contribution in [1.82, 2.24) is 0 Å². The average molecular weight is 283 g/mol. The van der Waals surface area contributed by atoms with E-state index in [0.29, 0.717) is 0 Å². The summed E-state index contributed by atoms with van der Waals surface area (Å²) in [6, 6.07) is 19.7. The lowest BCUT2D eigenvalue weighted by molar-refractivity contribution is 0.143. The number of hydrogen-bond donors (Lipinski definition) is 1. The van der Waals surface area contributed by atoms with E-state index in [9.17, 15) is 5.11 Å². The second-order valence-corrected chi connectivity index (χ2v) is 8.83. The molecule has 2 aromatic carbocycles. The van der Waals surface area contributed by atoms with Crippen LogP contribution in [0.5, 0.6) is 0 Å². The minimum Gasteiger partial charge on any atom is -0.378 e. The van der Waals surface area contributed by atoms with Crippen molar-refractivity contribution in [2.45, 2.75) is 25.9 Å². The fourth-order valence-corrected chi connectivity index (χ4v) is 4.93. The number of benzene rings is 2. The van der Waals surface area contributed by atoms with E-state index in [1.165, 1.54) is 6.92 Å². The molecule has 2 rings (SSSR count). The van der Waals surface area contributed by atoms with Gasteiger partial charge in [-0.2, -0.15) is 0 Å². The largest absolute Gasteiger partial charge is 0.378 e. The third-order valence-electron chi connectivity index (χ3n) is 3.26. The predicted octanol–water partition coefficient (Wildman–Crippen LogP) is 2.19. The molecule has 2 aromatic rings. The van der Waals surface area contributed by atoms with E-state index >= 15 is 0 Å². The Morgan fingerprint density at radius 1 is 1.00 bits per heavy atom. The molecule has 0 radical (unpaired) electrons. The SMILES string of the molecule is [2H]C([2H])([2H])C(C)(O)C#C[Si](C)(c1ccccc1)c1ccccc1. The molecule has 0 aliphatic heterocycles. The molecule has 0 saturated carbocycles. The molecule has 102 valence electrons. The molecule has 0 aliphatic carbocycles. The summed E-state index contributed by atoms with van der Waals surface area (Å²) in [7, 11) is -2.46. The van der Waals surface area contributed by atoms with Gasteiger partial charge in [-0.25, -0.2) is 0 Å². The fourth-order valence-electron chi connectivity index (χ4n) is 2.10. The Morgan fingerprint density at radius 2 is 1.45 bits per heavy atom. The van der Waals surface area contributed by atoms with Crippen molar-refractivity contribution in [1.29, 1.82) is 0 Å². The zero-order valence-electron chi connectivity index (χ0n) is 14.7. The van der Waals surface area contributed by atoms with E-state index in [2.05, 4.69) is 18.0 Å². The molecule has 1 atom stereocenters. The lowest BCUT2D eigenvalue weighted by Crippen LogP contribution is -2.55. The van der Waals surface area contributed by atoms with Crippen LogP contribution in [-0.2, 0) is 0 Å². The van der Waals surface area contributed by atoms with Crippen molar-refractivity contribution in [2.75, 3.05) is 0 Å². The molecule has 2 heteroatoms. The van der Waals surface area contributed by atoms with Crippen molar-refractivity contribution in [3.05, 3.63) is 60.7 Å². The number of rotatable bonds is 2. The van der Waals surface area contributed by atoms with Gasteiger partial charge in [-0.05, 0) is 24.1 Å². The van der Waals surface area contributed by atoms with Gasteiger partial charge < -0.3 is 5.11 Å². The zero-order valence-corrected chi connectivity index (χ0v) is 12.7.